The highest BCUT2D eigenvalue weighted by atomic mass is 16.5. The number of nitrogens with one attached hydrogen (secondary N) is 1. The van der Waals surface area contributed by atoms with Crippen molar-refractivity contribution >= 4 is 45.3 Å². The van der Waals surface area contributed by atoms with Crippen molar-refractivity contribution < 1.29 is 28.7 Å². The maximum atomic E-state index is 13.5. The number of carbonyl (C=O) groups is 4. The third-order valence-electron chi connectivity index (χ3n) is 5.28. The zero-order valence-electron chi connectivity index (χ0n) is 18.5. The van der Waals surface area contributed by atoms with Gasteiger partial charge in [-0.3, -0.25) is 19.2 Å². The lowest BCUT2D eigenvalue weighted by Crippen LogP contribution is -2.52. The predicted octanol–water partition coefficient (Wildman–Crippen LogP) is 2.71. The molecule has 0 saturated heterocycles. The van der Waals surface area contributed by atoms with Gasteiger partial charge in [-0.2, -0.15) is 0 Å². The van der Waals surface area contributed by atoms with Gasteiger partial charge in [0, 0.05) is 0 Å². The van der Waals surface area contributed by atoms with Gasteiger partial charge in [0.05, 0.1) is 31.1 Å². The Morgan fingerprint density at radius 3 is 1.94 bits per heavy atom. The van der Waals surface area contributed by atoms with Gasteiger partial charge in [0.15, 0.2) is 0 Å². The smallest absolute Gasteiger partial charge is 0.312 e. The van der Waals surface area contributed by atoms with E-state index in [9.17, 15) is 19.2 Å². The molecule has 2 amide bonds. The molecule has 33 heavy (non-hydrogen) atoms. The standard InChI is InChI=1S/C25H26N2O6/c1-3-32-20(28)14-19(25(31)33-4-2)22(23(26)29)27-24(30)21-17-11-7-5-9-15(17)13-16-10-6-8-12-18(16)21/h5-13,19,22H,3-4,14H2,1-2H3,(H2,26,29)(H,27,30)/t19-,22+/m0/s1. The van der Waals surface area contributed by atoms with Gasteiger partial charge in [0.1, 0.15) is 6.04 Å². The Bertz CT molecular complexity index is 1150. The lowest BCUT2D eigenvalue weighted by molar-refractivity contribution is -0.156. The summed E-state index contributed by atoms with van der Waals surface area (Å²) < 4.78 is 9.96. The van der Waals surface area contributed by atoms with Crippen molar-refractivity contribution in [2.24, 2.45) is 11.7 Å². The summed E-state index contributed by atoms with van der Waals surface area (Å²) in [5.41, 5.74) is 5.90. The fraction of sp³-hybridized carbons (Fsp3) is 0.280. The topological polar surface area (TPSA) is 125 Å². The molecule has 3 aromatic rings. The lowest BCUT2D eigenvalue weighted by atomic mass is 9.93. The van der Waals surface area contributed by atoms with E-state index in [0.29, 0.717) is 16.3 Å². The molecular weight excluding hydrogens is 424 g/mol. The number of benzene rings is 3. The van der Waals surface area contributed by atoms with Crippen LogP contribution in [-0.4, -0.2) is 43.0 Å². The molecule has 8 nitrogen and oxygen atoms in total. The largest absolute Gasteiger partial charge is 0.466 e. The number of esters is 2. The minimum Gasteiger partial charge on any atom is -0.466 e. The van der Waals surface area contributed by atoms with E-state index in [1.165, 1.54) is 0 Å². The van der Waals surface area contributed by atoms with Crippen molar-refractivity contribution in [3.8, 4) is 0 Å². The molecule has 0 radical (unpaired) electrons. The highest BCUT2D eigenvalue weighted by molar-refractivity contribution is 6.18. The van der Waals surface area contributed by atoms with Crippen LogP contribution in [0.15, 0.2) is 54.6 Å². The molecule has 0 aliphatic carbocycles. The normalized spacial score (nSPS) is 12.7. The van der Waals surface area contributed by atoms with Crippen LogP contribution >= 0.6 is 0 Å². The van der Waals surface area contributed by atoms with Gasteiger partial charge >= 0.3 is 11.9 Å². The van der Waals surface area contributed by atoms with Gasteiger partial charge in [-0.1, -0.05) is 48.5 Å². The van der Waals surface area contributed by atoms with Crippen LogP contribution in [0.25, 0.3) is 21.5 Å². The van der Waals surface area contributed by atoms with Crippen LogP contribution in [0.2, 0.25) is 0 Å². The molecule has 0 aliphatic heterocycles. The Balaban J connectivity index is 2.04. The monoisotopic (exact) mass is 450 g/mol. The van der Waals surface area contributed by atoms with Gasteiger partial charge in [-0.05, 0) is 41.5 Å². The van der Waals surface area contributed by atoms with E-state index in [-0.39, 0.29) is 13.2 Å². The van der Waals surface area contributed by atoms with E-state index in [0.717, 1.165) is 10.8 Å². The molecule has 0 unspecified atom stereocenters. The molecule has 0 aromatic heterocycles. The first-order valence-corrected chi connectivity index (χ1v) is 10.7. The molecule has 3 N–H and O–H groups in total. The number of fused-ring (bicyclic) bond motifs is 2. The maximum absolute atomic E-state index is 13.5. The summed E-state index contributed by atoms with van der Waals surface area (Å²) in [6.45, 7) is 3.35. The van der Waals surface area contributed by atoms with Gasteiger partial charge in [0.25, 0.3) is 5.91 Å². The van der Waals surface area contributed by atoms with Crippen molar-refractivity contribution in [2.45, 2.75) is 26.3 Å². The summed E-state index contributed by atoms with van der Waals surface area (Å²) in [5, 5.41) is 5.61. The second-order valence-electron chi connectivity index (χ2n) is 7.42. The number of hydrogen-bond acceptors (Lipinski definition) is 6. The number of hydrogen-bond donors (Lipinski definition) is 2. The summed E-state index contributed by atoms with van der Waals surface area (Å²) in [6.07, 6.45) is -0.461. The first kappa shape index (κ1) is 23.7. The Morgan fingerprint density at radius 2 is 1.42 bits per heavy atom. The van der Waals surface area contributed by atoms with Gasteiger partial charge in [-0.15, -0.1) is 0 Å². The molecular formula is C25H26N2O6. The van der Waals surface area contributed by atoms with Crippen LogP contribution < -0.4 is 11.1 Å². The first-order chi connectivity index (χ1) is 15.9. The number of amides is 2. The van der Waals surface area contributed by atoms with Crippen LogP contribution in [0.4, 0.5) is 0 Å². The Morgan fingerprint density at radius 1 is 0.879 bits per heavy atom. The van der Waals surface area contributed by atoms with E-state index < -0.39 is 42.1 Å². The third-order valence-corrected chi connectivity index (χ3v) is 5.28. The minimum atomic E-state index is -1.47. The fourth-order valence-electron chi connectivity index (χ4n) is 3.83. The van der Waals surface area contributed by atoms with Crippen LogP contribution in [-0.2, 0) is 23.9 Å². The average molecular weight is 450 g/mol. The SMILES string of the molecule is CCOC(=O)C[C@H](C(=O)OCC)[C@@H](NC(=O)c1c2ccccc2cc2ccccc12)C(N)=O. The first-order valence-electron chi connectivity index (χ1n) is 10.7. The number of ether oxygens (including phenoxy) is 2. The Labute approximate surface area is 191 Å². The van der Waals surface area contributed by atoms with Crippen LogP contribution in [0.5, 0.6) is 0 Å². The van der Waals surface area contributed by atoms with Gasteiger partial charge in [0.2, 0.25) is 5.91 Å². The van der Waals surface area contributed by atoms with E-state index in [2.05, 4.69) is 5.32 Å². The van der Waals surface area contributed by atoms with E-state index in [4.69, 9.17) is 15.2 Å². The summed E-state index contributed by atoms with van der Waals surface area (Å²) in [4.78, 5) is 50.5. The minimum absolute atomic E-state index is 0.0333. The van der Waals surface area contributed by atoms with E-state index >= 15 is 0 Å². The predicted molar refractivity (Wildman–Crippen MR) is 123 cm³/mol. The average Bonchev–Trinajstić information content (AvgIpc) is 2.79. The molecule has 8 heteroatoms. The molecule has 172 valence electrons. The molecule has 3 rings (SSSR count). The number of carbonyl (C=O) groups excluding carboxylic acids is 4. The molecule has 0 heterocycles. The van der Waals surface area contributed by atoms with Crippen molar-refractivity contribution in [1.82, 2.24) is 5.32 Å². The Hall–Kier alpha value is -3.94. The zero-order chi connectivity index (χ0) is 24.0. The van der Waals surface area contributed by atoms with E-state index in [1.807, 2.05) is 42.5 Å². The molecule has 3 aromatic carbocycles. The summed E-state index contributed by atoms with van der Waals surface area (Å²) in [7, 11) is 0. The molecule has 0 fully saturated rings. The second-order valence-corrected chi connectivity index (χ2v) is 7.42. The van der Waals surface area contributed by atoms with Crippen molar-refractivity contribution in [3.05, 3.63) is 60.2 Å². The van der Waals surface area contributed by atoms with Gasteiger partial charge < -0.3 is 20.5 Å². The molecule has 0 bridgehead atoms. The van der Waals surface area contributed by atoms with Crippen LogP contribution in [0, 0.1) is 5.92 Å². The van der Waals surface area contributed by atoms with Crippen molar-refractivity contribution in [1.29, 1.82) is 0 Å². The van der Waals surface area contributed by atoms with Crippen LogP contribution in [0.1, 0.15) is 30.6 Å². The fourth-order valence-corrected chi connectivity index (χ4v) is 3.83. The molecule has 0 spiro atoms. The summed E-state index contributed by atoms with van der Waals surface area (Å²) >= 11 is 0. The molecule has 2 atom stereocenters. The second kappa shape index (κ2) is 10.6. The quantitative estimate of drug-likeness (QED) is 0.381. The van der Waals surface area contributed by atoms with Crippen LogP contribution in [0.3, 0.4) is 0 Å². The number of rotatable bonds is 9. The molecule has 0 aliphatic rings. The highest BCUT2D eigenvalue weighted by Gasteiger charge is 2.37. The summed E-state index contributed by atoms with van der Waals surface area (Å²) in [6, 6.07) is 15.2. The van der Waals surface area contributed by atoms with Crippen molar-refractivity contribution in [2.75, 3.05) is 13.2 Å². The highest BCUT2D eigenvalue weighted by Crippen LogP contribution is 2.29. The molecule has 0 saturated carbocycles. The number of nitrogens with two attached hydrogens (primary N) is 1. The van der Waals surface area contributed by atoms with Gasteiger partial charge in [-0.25, -0.2) is 0 Å². The van der Waals surface area contributed by atoms with Crippen molar-refractivity contribution in [3.63, 3.8) is 0 Å². The zero-order valence-corrected chi connectivity index (χ0v) is 18.5. The maximum Gasteiger partial charge on any atom is 0.312 e. The third kappa shape index (κ3) is 5.28. The lowest BCUT2D eigenvalue weighted by Gasteiger charge is -2.24. The summed E-state index contributed by atoms with van der Waals surface area (Å²) in [5.74, 6) is -4.41. The number of primary amides is 1. The Kier molecular flexibility index (Phi) is 7.61. The van der Waals surface area contributed by atoms with E-state index in [1.54, 1.807) is 26.0 Å².